The molecule has 0 aromatic carbocycles. The first kappa shape index (κ1) is 13.1. The lowest BCUT2D eigenvalue weighted by Gasteiger charge is -2.24. The number of nitrogens with one attached hydrogen (secondary N) is 1. The second-order valence-electron chi connectivity index (χ2n) is 4.78. The zero-order chi connectivity index (χ0) is 11.9. The third-order valence-electron chi connectivity index (χ3n) is 3.39. The summed E-state index contributed by atoms with van der Waals surface area (Å²) in [5, 5.41) is 8.07. The Morgan fingerprint density at radius 3 is 3.18 bits per heavy atom. The van der Waals surface area contributed by atoms with E-state index in [1.165, 1.54) is 37.7 Å². The predicted molar refractivity (Wildman–Crippen MR) is 73.7 cm³/mol. The van der Waals surface area contributed by atoms with E-state index in [-0.39, 0.29) is 0 Å². The molecule has 0 spiro atoms. The minimum atomic E-state index is 0.445. The first-order chi connectivity index (χ1) is 8.40. The molecule has 1 aromatic heterocycles. The molecule has 0 radical (unpaired) electrons. The average molecular weight is 253 g/mol. The van der Waals surface area contributed by atoms with Crippen molar-refractivity contribution in [3.63, 3.8) is 0 Å². The van der Waals surface area contributed by atoms with E-state index < -0.39 is 0 Å². The van der Waals surface area contributed by atoms with Crippen molar-refractivity contribution in [3.05, 3.63) is 22.4 Å². The van der Waals surface area contributed by atoms with Crippen molar-refractivity contribution in [3.8, 4) is 0 Å². The van der Waals surface area contributed by atoms with Crippen molar-refractivity contribution >= 4 is 11.3 Å². The fourth-order valence-electron chi connectivity index (χ4n) is 2.43. The maximum absolute atomic E-state index is 5.82. The minimum absolute atomic E-state index is 0.445. The SMILES string of the molecule is CCCNC(CCc1ccsc1)C1CCCO1. The topological polar surface area (TPSA) is 21.3 Å². The third kappa shape index (κ3) is 4.09. The standard InChI is InChI=1S/C14H23NOS/c1-2-8-15-13(14-4-3-9-16-14)6-5-12-7-10-17-11-12/h7,10-11,13-15H,2-6,8-9H2,1H3. The Morgan fingerprint density at radius 2 is 2.53 bits per heavy atom. The number of aryl methyl sites for hydroxylation is 1. The molecule has 2 atom stereocenters. The summed E-state index contributed by atoms with van der Waals surface area (Å²) in [6, 6.07) is 2.77. The molecular weight excluding hydrogens is 230 g/mol. The maximum Gasteiger partial charge on any atom is 0.0728 e. The molecule has 1 aliphatic heterocycles. The molecule has 1 saturated heterocycles. The van der Waals surface area contributed by atoms with Crippen LogP contribution in [0.1, 0.15) is 38.2 Å². The van der Waals surface area contributed by atoms with Crippen LogP contribution in [-0.2, 0) is 11.2 Å². The van der Waals surface area contributed by atoms with Crippen LogP contribution in [0.5, 0.6) is 0 Å². The van der Waals surface area contributed by atoms with Gasteiger partial charge < -0.3 is 10.1 Å². The largest absolute Gasteiger partial charge is 0.377 e. The van der Waals surface area contributed by atoms with Gasteiger partial charge in [-0.25, -0.2) is 0 Å². The van der Waals surface area contributed by atoms with E-state index in [1.807, 2.05) is 0 Å². The summed E-state index contributed by atoms with van der Waals surface area (Å²) in [4.78, 5) is 0. The van der Waals surface area contributed by atoms with Gasteiger partial charge in [0.25, 0.3) is 0 Å². The van der Waals surface area contributed by atoms with E-state index in [9.17, 15) is 0 Å². The molecule has 1 aromatic rings. The molecule has 2 nitrogen and oxygen atoms in total. The Balaban J connectivity index is 1.81. The summed E-state index contributed by atoms with van der Waals surface area (Å²) in [5.74, 6) is 0. The van der Waals surface area contributed by atoms with Gasteiger partial charge in [0.1, 0.15) is 0 Å². The Labute approximate surface area is 108 Å². The van der Waals surface area contributed by atoms with Gasteiger partial charge in [-0.05, 0) is 61.0 Å². The van der Waals surface area contributed by atoms with Crippen LogP contribution >= 0.6 is 11.3 Å². The van der Waals surface area contributed by atoms with E-state index in [0.29, 0.717) is 12.1 Å². The first-order valence-electron chi connectivity index (χ1n) is 6.76. The molecule has 1 N–H and O–H groups in total. The normalized spacial score (nSPS) is 21.8. The highest BCUT2D eigenvalue weighted by molar-refractivity contribution is 7.07. The van der Waals surface area contributed by atoms with Crippen molar-refractivity contribution in [2.45, 2.75) is 51.2 Å². The molecule has 96 valence electrons. The van der Waals surface area contributed by atoms with Gasteiger partial charge in [0, 0.05) is 12.6 Å². The molecule has 0 saturated carbocycles. The highest BCUT2D eigenvalue weighted by Gasteiger charge is 2.24. The fraction of sp³-hybridized carbons (Fsp3) is 0.714. The van der Waals surface area contributed by atoms with Gasteiger partial charge in [-0.3, -0.25) is 0 Å². The maximum atomic E-state index is 5.82. The van der Waals surface area contributed by atoms with Gasteiger partial charge in [-0.15, -0.1) is 0 Å². The molecule has 17 heavy (non-hydrogen) atoms. The number of hydrogen-bond donors (Lipinski definition) is 1. The second kappa shape index (κ2) is 7.14. The molecule has 1 aliphatic rings. The lowest BCUT2D eigenvalue weighted by molar-refractivity contribution is 0.0757. The minimum Gasteiger partial charge on any atom is -0.377 e. The van der Waals surface area contributed by atoms with Crippen LogP contribution in [0.15, 0.2) is 16.8 Å². The van der Waals surface area contributed by atoms with Crippen LogP contribution in [0.4, 0.5) is 0 Å². The van der Waals surface area contributed by atoms with Gasteiger partial charge in [0.05, 0.1) is 6.10 Å². The second-order valence-corrected chi connectivity index (χ2v) is 5.56. The van der Waals surface area contributed by atoms with Crippen molar-refractivity contribution in [1.29, 1.82) is 0 Å². The Morgan fingerprint density at radius 1 is 1.59 bits per heavy atom. The monoisotopic (exact) mass is 253 g/mol. The smallest absolute Gasteiger partial charge is 0.0728 e. The van der Waals surface area contributed by atoms with E-state index in [1.54, 1.807) is 11.3 Å². The average Bonchev–Trinajstić information content (AvgIpc) is 3.01. The van der Waals surface area contributed by atoms with Gasteiger partial charge in [-0.1, -0.05) is 6.92 Å². The highest BCUT2D eigenvalue weighted by Crippen LogP contribution is 2.20. The van der Waals surface area contributed by atoms with Crippen molar-refractivity contribution < 1.29 is 4.74 Å². The van der Waals surface area contributed by atoms with E-state index in [2.05, 4.69) is 29.1 Å². The van der Waals surface area contributed by atoms with Gasteiger partial charge >= 0.3 is 0 Å². The predicted octanol–water partition coefficient (Wildman–Crippen LogP) is 3.23. The summed E-state index contributed by atoms with van der Waals surface area (Å²) < 4.78 is 5.82. The zero-order valence-electron chi connectivity index (χ0n) is 10.7. The van der Waals surface area contributed by atoms with Crippen LogP contribution in [0.2, 0.25) is 0 Å². The fourth-order valence-corrected chi connectivity index (χ4v) is 3.13. The van der Waals surface area contributed by atoms with Gasteiger partial charge in [0.15, 0.2) is 0 Å². The Bertz CT molecular complexity index is 293. The Kier molecular flexibility index (Phi) is 5.49. The van der Waals surface area contributed by atoms with Crippen LogP contribution in [0.25, 0.3) is 0 Å². The molecule has 0 aliphatic carbocycles. The first-order valence-corrected chi connectivity index (χ1v) is 7.70. The summed E-state index contributed by atoms with van der Waals surface area (Å²) in [6.45, 7) is 4.28. The van der Waals surface area contributed by atoms with Crippen molar-refractivity contribution in [2.24, 2.45) is 0 Å². The summed E-state index contributed by atoms with van der Waals surface area (Å²) in [6.07, 6.45) is 6.46. The van der Waals surface area contributed by atoms with Crippen LogP contribution < -0.4 is 5.32 Å². The zero-order valence-corrected chi connectivity index (χ0v) is 11.5. The summed E-state index contributed by atoms with van der Waals surface area (Å²) >= 11 is 1.79. The Hall–Kier alpha value is -0.380. The molecule has 0 amide bonds. The number of rotatable bonds is 7. The van der Waals surface area contributed by atoms with E-state index in [4.69, 9.17) is 4.74 Å². The lowest BCUT2D eigenvalue weighted by Crippen LogP contribution is -2.40. The van der Waals surface area contributed by atoms with E-state index in [0.717, 1.165) is 13.2 Å². The molecule has 2 rings (SSSR count). The molecule has 1 fully saturated rings. The molecule has 2 unspecified atom stereocenters. The lowest BCUT2D eigenvalue weighted by atomic mass is 10.0. The van der Waals surface area contributed by atoms with Crippen LogP contribution in [-0.4, -0.2) is 25.3 Å². The molecular formula is C14H23NOS. The summed E-state index contributed by atoms with van der Waals surface area (Å²) in [5.41, 5.74) is 1.47. The molecule has 2 heterocycles. The quantitative estimate of drug-likeness (QED) is 0.805. The van der Waals surface area contributed by atoms with Gasteiger partial charge in [0.2, 0.25) is 0 Å². The molecule has 0 bridgehead atoms. The third-order valence-corrected chi connectivity index (χ3v) is 4.13. The van der Waals surface area contributed by atoms with Crippen LogP contribution in [0, 0.1) is 0 Å². The van der Waals surface area contributed by atoms with Crippen molar-refractivity contribution in [1.82, 2.24) is 5.32 Å². The summed E-state index contributed by atoms with van der Waals surface area (Å²) in [7, 11) is 0. The molecule has 3 heteroatoms. The highest BCUT2D eigenvalue weighted by atomic mass is 32.1. The number of thiophene rings is 1. The van der Waals surface area contributed by atoms with Crippen molar-refractivity contribution in [2.75, 3.05) is 13.2 Å². The number of hydrogen-bond acceptors (Lipinski definition) is 3. The van der Waals surface area contributed by atoms with E-state index >= 15 is 0 Å². The number of ether oxygens (including phenoxy) is 1. The van der Waals surface area contributed by atoms with Gasteiger partial charge in [-0.2, -0.15) is 11.3 Å². The van der Waals surface area contributed by atoms with Crippen LogP contribution in [0.3, 0.4) is 0 Å².